The smallest absolute Gasteiger partial charge is 0.0606 e. The number of nitrogens with one attached hydrogen (secondary N) is 1. The fourth-order valence-electron chi connectivity index (χ4n) is 1.65. The van der Waals surface area contributed by atoms with Crippen LogP contribution >= 0.6 is 15.9 Å². The molecule has 0 bridgehead atoms. The lowest BCUT2D eigenvalue weighted by molar-refractivity contribution is 0.304. The quantitative estimate of drug-likeness (QED) is 0.847. The van der Waals surface area contributed by atoms with Gasteiger partial charge in [-0.05, 0) is 23.8 Å². The Labute approximate surface area is 112 Å². The van der Waals surface area contributed by atoms with Gasteiger partial charge in [-0.15, -0.1) is 0 Å². The van der Waals surface area contributed by atoms with E-state index < -0.39 is 0 Å². The van der Waals surface area contributed by atoms with Crippen LogP contribution in [0.4, 0.5) is 5.69 Å². The molecular formula is C13H21BrN2O. The van der Waals surface area contributed by atoms with Crippen LogP contribution in [-0.4, -0.2) is 31.3 Å². The van der Waals surface area contributed by atoms with Crippen molar-refractivity contribution in [2.24, 2.45) is 0 Å². The third-order valence-corrected chi connectivity index (χ3v) is 3.08. The van der Waals surface area contributed by atoms with Gasteiger partial charge in [0, 0.05) is 36.3 Å². The first-order valence-corrected chi connectivity index (χ1v) is 6.67. The van der Waals surface area contributed by atoms with Crippen LogP contribution in [0.1, 0.15) is 19.4 Å². The van der Waals surface area contributed by atoms with Gasteiger partial charge < -0.3 is 15.3 Å². The number of benzene rings is 1. The summed E-state index contributed by atoms with van der Waals surface area (Å²) in [6.07, 6.45) is 0. The van der Waals surface area contributed by atoms with Gasteiger partial charge in [-0.2, -0.15) is 0 Å². The molecule has 0 amide bonds. The highest BCUT2D eigenvalue weighted by Crippen LogP contribution is 2.23. The molecule has 0 atom stereocenters. The molecule has 0 aromatic heterocycles. The van der Waals surface area contributed by atoms with E-state index in [-0.39, 0.29) is 6.61 Å². The number of rotatable bonds is 6. The van der Waals surface area contributed by atoms with Crippen LogP contribution in [0.2, 0.25) is 0 Å². The molecule has 0 fully saturated rings. The largest absolute Gasteiger partial charge is 0.395 e. The molecule has 0 aliphatic heterocycles. The molecule has 1 rings (SSSR count). The summed E-state index contributed by atoms with van der Waals surface area (Å²) in [7, 11) is 2.00. The molecule has 1 aromatic rings. The van der Waals surface area contributed by atoms with Crippen molar-refractivity contribution in [3.63, 3.8) is 0 Å². The zero-order chi connectivity index (χ0) is 12.8. The van der Waals surface area contributed by atoms with Crippen LogP contribution in [0, 0.1) is 0 Å². The van der Waals surface area contributed by atoms with E-state index in [9.17, 15) is 0 Å². The van der Waals surface area contributed by atoms with Crippen molar-refractivity contribution in [3.05, 3.63) is 28.2 Å². The molecule has 3 nitrogen and oxygen atoms in total. The van der Waals surface area contributed by atoms with E-state index in [0.29, 0.717) is 12.6 Å². The highest BCUT2D eigenvalue weighted by molar-refractivity contribution is 9.10. The number of aliphatic hydroxyl groups excluding tert-OH is 1. The van der Waals surface area contributed by atoms with Crippen LogP contribution in [-0.2, 0) is 6.54 Å². The van der Waals surface area contributed by atoms with Gasteiger partial charge in [0.1, 0.15) is 0 Å². The van der Waals surface area contributed by atoms with Gasteiger partial charge in [0.15, 0.2) is 0 Å². The SMILES string of the molecule is CC(C)NCc1cc(Br)ccc1N(C)CCO. The van der Waals surface area contributed by atoms with E-state index in [0.717, 1.165) is 16.7 Å². The molecule has 4 heteroatoms. The maximum Gasteiger partial charge on any atom is 0.0606 e. The molecule has 96 valence electrons. The van der Waals surface area contributed by atoms with E-state index in [1.54, 1.807) is 0 Å². The van der Waals surface area contributed by atoms with Crippen LogP contribution in [0.3, 0.4) is 0 Å². The molecule has 0 saturated carbocycles. The molecule has 2 N–H and O–H groups in total. The third-order valence-electron chi connectivity index (χ3n) is 2.59. The second-order valence-electron chi connectivity index (χ2n) is 4.45. The number of halogens is 1. The van der Waals surface area contributed by atoms with Crippen molar-refractivity contribution in [3.8, 4) is 0 Å². The van der Waals surface area contributed by atoms with Crippen molar-refractivity contribution in [2.75, 3.05) is 25.1 Å². The molecular weight excluding hydrogens is 280 g/mol. The second kappa shape index (κ2) is 6.99. The van der Waals surface area contributed by atoms with Crippen LogP contribution in [0.25, 0.3) is 0 Å². The minimum Gasteiger partial charge on any atom is -0.395 e. The fourth-order valence-corrected chi connectivity index (χ4v) is 2.06. The predicted octanol–water partition coefficient (Wildman–Crippen LogP) is 2.38. The molecule has 0 aliphatic rings. The lowest BCUT2D eigenvalue weighted by Crippen LogP contribution is -2.26. The molecule has 0 unspecified atom stereocenters. The van der Waals surface area contributed by atoms with Crippen molar-refractivity contribution in [2.45, 2.75) is 26.4 Å². The van der Waals surface area contributed by atoms with E-state index in [2.05, 4.69) is 52.1 Å². The number of hydrogen-bond acceptors (Lipinski definition) is 3. The molecule has 0 aliphatic carbocycles. The number of hydrogen-bond donors (Lipinski definition) is 2. The fraction of sp³-hybridized carbons (Fsp3) is 0.538. The number of likely N-dealkylation sites (N-methyl/N-ethyl adjacent to an activating group) is 1. The van der Waals surface area contributed by atoms with E-state index in [1.165, 1.54) is 5.56 Å². The molecule has 1 aromatic carbocycles. The first-order chi connectivity index (χ1) is 8.04. The van der Waals surface area contributed by atoms with Crippen molar-refractivity contribution >= 4 is 21.6 Å². The van der Waals surface area contributed by atoms with Crippen LogP contribution < -0.4 is 10.2 Å². The molecule has 0 radical (unpaired) electrons. The van der Waals surface area contributed by atoms with E-state index in [1.807, 2.05) is 13.1 Å². The molecule has 0 spiro atoms. The summed E-state index contributed by atoms with van der Waals surface area (Å²) in [5.41, 5.74) is 2.40. The zero-order valence-corrected chi connectivity index (χ0v) is 12.3. The lowest BCUT2D eigenvalue weighted by Gasteiger charge is -2.22. The summed E-state index contributed by atoms with van der Waals surface area (Å²) in [6.45, 7) is 5.92. The maximum atomic E-state index is 9.00. The van der Waals surface area contributed by atoms with Crippen LogP contribution in [0.5, 0.6) is 0 Å². The highest BCUT2D eigenvalue weighted by Gasteiger charge is 2.08. The Bertz CT molecular complexity index is 355. The first-order valence-electron chi connectivity index (χ1n) is 5.88. The summed E-state index contributed by atoms with van der Waals surface area (Å²) in [4.78, 5) is 2.07. The first kappa shape index (κ1) is 14.5. The Hall–Kier alpha value is -0.580. The van der Waals surface area contributed by atoms with Crippen LogP contribution in [0.15, 0.2) is 22.7 Å². The summed E-state index contributed by atoms with van der Waals surface area (Å²) >= 11 is 3.50. The van der Waals surface area contributed by atoms with Gasteiger partial charge in [0.2, 0.25) is 0 Å². The Kier molecular flexibility index (Phi) is 5.95. The second-order valence-corrected chi connectivity index (χ2v) is 5.37. The summed E-state index contributed by atoms with van der Waals surface area (Å²) in [5, 5.41) is 12.4. The maximum absolute atomic E-state index is 9.00. The van der Waals surface area contributed by atoms with Gasteiger partial charge >= 0.3 is 0 Å². The topological polar surface area (TPSA) is 35.5 Å². The van der Waals surface area contributed by atoms with Gasteiger partial charge in [0.25, 0.3) is 0 Å². The standard InChI is InChI=1S/C13H21BrN2O/c1-10(2)15-9-11-8-12(14)4-5-13(11)16(3)6-7-17/h4-5,8,10,15,17H,6-7,9H2,1-3H3. The van der Waals surface area contributed by atoms with Crippen molar-refractivity contribution in [1.29, 1.82) is 0 Å². The van der Waals surface area contributed by atoms with Crippen molar-refractivity contribution < 1.29 is 5.11 Å². The normalized spacial score (nSPS) is 10.9. The molecule has 17 heavy (non-hydrogen) atoms. The third kappa shape index (κ3) is 4.66. The van der Waals surface area contributed by atoms with E-state index in [4.69, 9.17) is 5.11 Å². The number of nitrogens with zero attached hydrogens (tertiary/aromatic N) is 1. The Morgan fingerprint density at radius 3 is 2.71 bits per heavy atom. The monoisotopic (exact) mass is 300 g/mol. The average molecular weight is 301 g/mol. The minimum absolute atomic E-state index is 0.170. The number of anilines is 1. The average Bonchev–Trinajstić information content (AvgIpc) is 2.26. The molecule has 0 saturated heterocycles. The lowest BCUT2D eigenvalue weighted by atomic mass is 10.1. The van der Waals surface area contributed by atoms with Gasteiger partial charge in [0.05, 0.1) is 6.61 Å². The van der Waals surface area contributed by atoms with Gasteiger partial charge in [-0.3, -0.25) is 0 Å². The Morgan fingerprint density at radius 2 is 2.12 bits per heavy atom. The van der Waals surface area contributed by atoms with Gasteiger partial charge in [-0.25, -0.2) is 0 Å². The van der Waals surface area contributed by atoms with E-state index >= 15 is 0 Å². The molecule has 0 heterocycles. The van der Waals surface area contributed by atoms with Gasteiger partial charge in [-0.1, -0.05) is 29.8 Å². The minimum atomic E-state index is 0.170. The van der Waals surface area contributed by atoms with Crippen molar-refractivity contribution in [1.82, 2.24) is 5.32 Å². The zero-order valence-electron chi connectivity index (χ0n) is 10.7. The summed E-state index contributed by atoms with van der Waals surface area (Å²) in [6, 6.07) is 6.70. The Balaban J connectivity index is 2.87. The Morgan fingerprint density at radius 1 is 1.41 bits per heavy atom. The summed E-state index contributed by atoms with van der Waals surface area (Å²) in [5.74, 6) is 0. The highest BCUT2D eigenvalue weighted by atomic mass is 79.9. The number of aliphatic hydroxyl groups is 1. The summed E-state index contributed by atoms with van der Waals surface area (Å²) < 4.78 is 1.08. The predicted molar refractivity (Wildman–Crippen MR) is 76.5 cm³/mol.